The highest BCUT2D eigenvalue weighted by molar-refractivity contribution is 7.11. The minimum Gasteiger partial charge on any atom is -0.377 e. The van der Waals surface area contributed by atoms with Gasteiger partial charge in [0.2, 0.25) is 0 Å². The molecule has 1 aromatic rings. The van der Waals surface area contributed by atoms with E-state index in [1.54, 1.807) is 17.3 Å². The van der Waals surface area contributed by atoms with Crippen LogP contribution in [0.2, 0.25) is 0 Å². The van der Waals surface area contributed by atoms with Gasteiger partial charge in [-0.25, -0.2) is 4.98 Å². The van der Waals surface area contributed by atoms with Gasteiger partial charge < -0.3 is 20.1 Å². The molecule has 0 saturated heterocycles. The highest BCUT2D eigenvalue weighted by Gasteiger charge is 2.24. The number of aliphatic hydroxyl groups is 1. The number of carbonyl (C=O) groups is 1. The van der Waals surface area contributed by atoms with Crippen molar-refractivity contribution in [3.63, 3.8) is 0 Å². The van der Waals surface area contributed by atoms with Crippen LogP contribution >= 0.6 is 11.3 Å². The Morgan fingerprint density at radius 1 is 1.57 bits per heavy atom. The van der Waals surface area contributed by atoms with E-state index in [0.29, 0.717) is 25.5 Å². The molecule has 1 amide bonds. The first-order valence-corrected chi connectivity index (χ1v) is 11.1. The Morgan fingerprint density at radius 3 is 2.93 bits per heavy atom. The maximum Gasteiger partial charge on any atom is 0.271 e. The lowest BCUT2D eigenvalue weighted by atomic mass is 9.86. The third-order valence-corrected chi connectivity index (χ3v) is 6.30. The molecule has 0 radical (unpaired) electrons. The van der Waals surface area contributed by atoms with Gasteiger partial charge in [-0.2, -0.15) is 0 Å². The van der Waals surface area contributed by atoms with E-state index in [2.05, 4.69) is 36.1 Å². The van der Waals surface area contributed by atoms with Gasteiger partial charge in [0.1, 0.15) is 29.3 Å². The van der Waals surface area contributed by atoms with Crippen LogP contribution in [0, 0.1) is 10.8 Å². The minimum absolute atomic E-state index is 0.103. The zero-order valence-corrected chi connectivity index (χ0v) is 19.1. The van der Waals surface area contributed by atoms with Crippen LogP contribution in [0.25, 0.3) is 5.57 Å². The molecule has 1 aromatic heterocycles. The molecular weight excluding hydrogens is 402 g/mol. The fourth-order valence-corrected chi connectivity index (χ4v) is 3.74. The summed E-state index contributed by atoms with van der Waals surface area (Å²) in [5.41, 5.74) is 1.52. The molecule has 1 unspecified atom stereocenters. The molecule has 3 N–H and O–H groups in total. The minimum atomic E-state index is -0.744. The Labute approximate surface area is 182 Å². The summed E-state index contributed by atoms with van der Waals surface area (Å²) in [6.45, 7) is 7.90. The zero-order chi connectivity index (χ0) is 22.1. The molecule has 0 fully saturated rings. The smallest absolute Gasteiger partial charge is 0.271 e. The van der Waals surface area contributed by atoms with Crippen LogP contribution in [0.4, 0.5) is 0 Å². The Balaban J connectivity index is 2.06. The SMILES string of the molecule is CCC(C)(C)CCN(CO)C(=N)C(C=NC)NC(=O)c1csc(C2=CCOCC2)n1. The fourth-order valence-electron chi connectivity index (χ4n) is 2.87. The number of nitrogens with one attached hydrogen (secondary N) is 2. The lowest BCUT2D eigenvalue weighted by Gasteiger charge is -2.31. The summed E-state index contributed by atoms with van der Waals surface area (Å²) in [5.74, 6) is -0.266. The number of carbonyl (C=O) groups excluding carboxylic acids is 1. The van der Waals surface area contributed by atoms with E-state index >= 15 is 0 Å². The van der Waals surface area contributed by atoms with Crippen molar-refractivity contribution in [3.05, 3.63) is 22.2 Å². The Kier molecular flexibility index (Phi) is 9.13. The number of ether oxygens (including phenoxy) is 1. The molecule has 1 atom stereocenters. The third kappa shape index (κ3) is 6.72. The summed E-state index contributed by atoms with van der Waals surface area (Å²) < 4.78 is 5.32. The van der Waals surface area contributed by atoms with E-state index in [1.165, 1.54) is 17.6 Å². The molecule has 9 heteroatoms. The highest BCUT2D eigenvalue weighted by Crippen LogP contribution is 2.25. The number of amides is 1. The number of aliphatic hydroxyl groups excluding tert-OH is 1. The molecular formula is C21H33N5O3S. The maximum absolute atomic E-state index is 12.8. The van der Waals surface area contributed by atoms with E-state index in [4.69, 9.17) is 10.1 Å². The molecule has 166 valence electrons. The van der Waals surface area contributed by atoms with E-state index in [0.717, 1.165) is 29.8 Å². The van der Waals surface area contributed by atoms with Gasteiger partial charge in [0.15, 0.2) is 0 Å². The van der Waals surface area contributed by atoms with Gasteiger partial charge >= 0.3 is 0 Å². The predicted octanol–water partition coefficient (Wildman–Crippen LogP) is 2.80. The molecule has 1 aliphatic heterocycles. The second-order valence-electron chi connectivity index (χ2n) is 8.01. The fraction of sp³-hybridized carbons (Fsp3) is 0.619. The summed E-state index contributed by atoms with van der Waals surface area (Å²) in [5, 5.41) is 23.6. The molecule has 0 bridgehead atoms. The second kappa shape index (κ2) is 11.3. The van der Waals surface area contributed by atoms with E-state index in [9.17, 15) is 9.90 Å². The lowest BCUT2D eigenvalue weighted by Crippen LogP contribution is -2.50. The Hall–Kier alpha value is -2.10. The normalized spacial score (nSPS) is 15.7. The quantitative estimate of drug-likeness (QED) is 0.297. The monoisotopic (exact) mass is 435 g/mol. The Morgan fingerprint density at radius 2 is 2.33 bits per heavy atom. The van der Waals surface area contributed by atoms with Crippen molar-refractivity contribution >= 4 is 34.9 Å². The average Bonchev–Trinajstić information content (AvgIpc) is 3.25. The summed E-state index contributed by atoms with van der Waals surface area (Å²) in [6, 6.07) is -0.744. The van der Waals surface area contributed by atoms with Gasteiger partial charge in [-0.1, -0.05) is 33.3 Å². The van der Waals surface area contributed by atoms with Crippen molar-refractivity contribution in [2.75, 3.05) is 33.5 Å². The number of amidine groups is 1. The van der Waals surface area contributed by atoms with Crippen molar-refractivity contribution in [2.24, 2.45) is 10.4 Å². The number of thiazole rings is 1. The van der Waals surface area contributed by atoms with Crippen molar-refractivity contribution in [1.82, 2.24) is 15.2 Å². The van der Waals surface area contributed by atoms with Gasteiger partial charge in [-0.05, 0) is 23.8 Å². The first-order chi connectivity index (χ1) is 14.3. The molecule has 0 aromatic carbocycles. The van der Waals surface area contributed by atoms with Crippen LogP contribution in [-0.2, 0) is 4.74 Å². The Bertz CT molecular complexity index is 787. The first kappa shape index (κ1) is 24.2. The number of rotatable bonds is 10. The maximum atomic E-state index is 12.8. The van der Waals surface area contributed by atoms with E-state index < -0.39 is 6.04 Å². The number of nitrogens with zero attached hydrogens (tertiary/aromatic N) is 3. The van der Waals surface area contributed by atoms with E-state index in [1.807, 2.05) is 6.08 Å². The van der Waals surface area contributed by atoms with Crippen molar-refractivity contribution < 1.29 is 14.6 Å². The summed E-state index contributed by atoms with van der Waals surface area (Å²) >= 11 is 1.42. The average molecular weight is 436 g/mol. The predicted molar refractivity (Wildman–Crippen MR) is 121 cm³/mol. The molecule has 8 nitrogen and oxygen atoms in total. The summed E-state index contributed by atoms with van der Waals surface area (Å²) in [6.07, 6.45) is 6.10. The third-order valence-electron chi connectivity index (χ3n) is 5.38. The summed E-state index contributed by atoms with van der Waals surface area (Å²) in [7, 11) is 1.59. The van der Waals surface area contributed by atoms with Crippen LogP contribution in [0.3, 0.4) is 0 Å². The molecule has 30 heavy (non-hydrogen) atoms. The second-order valence-corrected chi connectivity index (χ2v) is 8.87. The van der Waals surface area contributed by atoms with Crippen LogP contribution < -0.4 is 5.32 Å². The zero-order valence-electron chi connectivity index (χ0n) is 18.3. The molecule has 0 spiro atoms. The standard InChI is InChI=1S/C21H33N5O3S/c1-5-21(2,3)8-9-26(14-27)18(22)16(12-23-4)24-19(28)17-13-30-20(25-17)15-6-10-29-11-7-15/h6,12-13,16,22,27H,5,7-11,14H2,1-4H3,(H,24,28). The van der Waals surface area contributed by atoms with Gasteiger partial charge in [-0.3, -0.25) is 15.2 Å². The number of aromatic nitrogens is 1. The first-order valence-electron chi connectivity index (χ1n) is 10.2. The number of hydrogen-bond donors (Lipinski definition) is 3. The molecule has 0 saturated carbocycles. The number of aliphatic imine (C=N–C) groups is 1. The molecule has 2 rings (SSSR count). The molecule has 2 heterocycles. The van der Waals surface area contributed by atoms with Crippen LogP contribution in [0.15, 0.2) is 16.4 Å². The number of hydrogen-bond acceptors (Lipinski definition) is 7. The van der Waals surface area contributed by atoms with Gasteiger partial charge in [0.25, 0.3) is 5.91 Å². The van der Waals surface area contributed by atoms with Gasteiger partial charge in [0, 0.05) is 25.2 Å². The van der Waals surface area contributed by atoms with E-state index in [-0.39, 0.29) is 23.9 Å². The van der Waals surface area contributed by atoms with Crippen LogP contribution in [0.1, 0.15) is 55.5 Å². The topological polar surface area (TPSA) is 111 Å². The lowest BCUT2D eigenvalue weighted by molar-refractivity contribution is 0.0944. The van der Waals surface area contributed by atoms with Crippen LogP contribution in [-0.4, -0.2) is 72.5 Å². The van der Waals surface area contributed by atoms with Gasteiger partial charge in [-0.15, -0.1) is 11.3 Å². The molecule has 1 aliphatic rings. The molecule has 0 aliphatic carbocycles. The largest absolute Gasteiger partial charge is 0.377 e. The highest BCUT2D eigenvalue weighted by atomic mass is 32.1. The van der Waals surface area contributed by atoms with Gasteiger partial charge in [0.05, 0.1) is 13.2 Å². The summed E-state index contributed by atoms with van der Waals surface area (Å²) in [4.78, 5) is 22.8. The van der Waals surface area contributed by atoms with Crippen molar-refractivity contribution in [3.8, 4) is 0 Å². The van der Waals surface area contributed by atoms with Crippen molar-refractivity contribution in [2.45, 2.75) is 46.1 Å². The van der Waals surface area contributed by atoms with Crippen molar-refractivity contribution in [1.29, 1.82) is 5.41 Å². The van der Waals surface area contributed by atoms with Crippen LogP contribution in [0.5, 0.6) is 0 Å².